The number of nitrogens with zero attached hydrogens (tertiary/aromatic N) is 2. The van der Waals surface area contributed by atoms with Gasteiger partial charge >= 0.3 is 18.0 Å². The molecule has 1 aromatic carbocycles. The minimum absolute atomic E-state index is 0.0240. The number of anilines is 1. The fourth-order valence-corrected chi connectivity index (χ4v) is 3.85. The van der Waals surface area contributed by atoms with Gasteiger partial charge in [0, 0.05) is 29.1 Å². The van der Waals surface area contributed by atoms with E-state index in [1.54, 1.807) is 0 Å². The summed E-state index contributed by atoms with van der Waals surface area (Å²) >= 11 is 5.92. The molecule has 176 valence electrons. The van der Waals surface area contributed by atoms with Crippen molar-refractivity contribution < 1.29 is 35.6 Å². The Hall–Kier alpha value is -3.02. The largest absolute Gasteiger partial charge is 0.436 e. The van der Waals surface area contributed by atoms with Crippen molar-refractivity contribution in [2.24, 2.45) is 0 Å². The van der Waals surface area contributed by atoms with Gasteiger partial charge in [-0.1, -0.05) is 11.6 Å². The fraction of sp³-hybridized carbons (Fsp3) is 0.350. The first-order chi connectivity index (χ1) is 15.3. The second kappa shape index (κ2) is 7.79. The van der Waals surface area contributed by atoms with Crippen LogP contribution in [0, 0.1) is 0 Å². The lowest BCUT2D eigenvalue weighted by atomic mass is 10.1. The zero-order chi connectivity index (χ0) is 24.3. The van der Waals surface area contributed by atoms with E-state index in [4.69, 9.17) is 16.0 Å². The van der Waals surface area contributed by atoms with Crippen molar-refractivity contribution in [1.29, 1.82) is 0 Å². The number of fused-ring (bicyclic) bond motifs is 1. The molecule has 4 rings (SSSR count). The molecule has 0 bridgehead atoms. The van der Waals surface area contributed by atoms with Gasteiger partial charge in [0.2, 0.25) is 5.91 Å². The van der Waals surface area contributed by atoms with E-state index in [0.29, 0.717) is 18.9 Å². The summed E-state index contributed by atoms with van der Waals surface area (Å²) in [6.45, 7) is 1.31. The van der Waals surface area contributed by atoms with Crippen LogP contribution in [0.25, 0.3) is 11.0 Å². The Labute approximate surface area is 186 Å². The molecule has 6 nitrogen and oxygen atoms in total. The standard InChI is InChI=1S/C20H14ClF6N3O3/c1-8(30-16(9-2-3-9)15(21)17(29-30)20(25,26)27)18(32)28-10-4-5-11-12(19(22,23)24)7-14(31)33-13(11)6-10/h4-9H,2-3H2,1H3,(H,28,32). The lowest BCUT2D eigenvalue weighted by Crippen LogP contribution is -2.26. The van der Waals surface area contributed by atoms with E-state index in [-0.39, 0.29) is 17.3 Å². The van der Waals surface area contributed by atoms with Crippen molar-refractivity contribution in [1.82, 2.24) is 9.78 Å². The number of hydrogen-bond donors (Lipinski definition) is 1. The van der Waals surface area contributed by atoms with Crippen LogP contribution >= 0.6 is 11.6 Å². The highest BCUT2D eigenvalue weighted by Crippen LogP contribution is 2.47. The molecule has 0 aliphatic heterocycles. The van der Waals surface area contributed by atoms with Crippen LogP contribution in [-0.4, -0.2) is 15.7 Å². The van der Waals surface area contributed by atoms with Gasteiger partial charge in [-0.3, -0.25) is 9.48 Å². The number of halogens is 7. The Morgan fingerprint density at radius 2 is 1.85 bits per heavy atom. The van der Waals surface area contributed by atoms with Gasteiger partial charge in [0.1, 0.15) is 11.6 Å². The lowest BCUT2D eigenvalue weighted by Gasteiger charge is -2.16. The van der Waals surface area contributed by atoms with Crippen LogP contribution < -0.4 is 10.9 Å². The first kappa shape index (κ1) is 23.1. The van der Waals surface area contributed by atoms with E-state index in [2.05, 4.69) is 10.4 Å². The molecular formula is C20H14ClF6N3O3. The van der Waals surface area contributed by atoms with Crippen molar-refractivity contribution in [3.05, 3.63) is 56.7 Å². The summed E-state index contributed by atoms with van der Waals surface area (Å²) in [7, 11) is 0. The molecule has 1 saturated carbocycles. The summed E-state index contributed by atoms with van der Waals surface area (Å²) in [5.41, 5.74) is -4.06. The van der Waals surface area contributed by atoms with Crippen molar-refractivity contribution >= 4 is 34.2 Å². The molecule has 1 N–H and O–H groups in total. The quantitative estimate of drug-likeness (QED) is 0.370. The summed E-state index contributed by atoms with van der Waals surface area (Å²) in [6.07, 6.45) is -8.42. The monoisotopic (exact) mass is 493 g/mol. The Bertz CT molecular complexity index is 1310. The Morgan fingerprint density at radius 1 is 1.18 bits per heavy atom. The van der Waals surface area contributed by atoms with Gasteiger partial charge in [0.25, 0.3) is 0 Å². The van der Waals surface area contributed by atoms with E-state index in [0.717, 1.165) is 22.9 Å². The zero-order valence-corrected chi connectivity index (χ0v) is 17.4. The molecule has 0 saturated heterocycles. The third kappa shape index (κ3) is 4.43. The molecular weight excluding hydrogens is 480 g/mol. The number of aromatic nitrogens is 2. The topological polar surface area (TPSA) is 77.1 Å². The number of carbonyl (C=O) groups excluding carboxylic acids is 1. The van der Waals surface area contributed by atoms with Crippen LogP contribution in [0.5, 0.6) is 0 Å². The van der Waals surface area contributed by atoms with Crippen molar-refractivity contribution in [3.63, 3.8) is 0 Å². The average Bonchev–Trinajstić information content (AvgIpc) is 3.46. The molecule has 0 spiro atoms. The maximum atomic E-state index is 13.3. The van der Waals surface area contributed by atoms with Crippen molar-refractivity contribution in [2.75, 3.05) is 5.32 Å². The minimum Gasteiger partial charge on any atom is -0.423 e. The van der Waals surface area contributed by atoms with Crippen LogP contribution in [0.2, 0.25) is 5.02 Å². The molecule has 1 amide bonds. The highest BCUT2D eigenvalue weighted by atomic mass is 35.5. The number of alkyl halides is 6. The molecule has 2 aromatic heterocycles. The lowest BCUT2D eigenvalue weighted by molar-refractivity contribution is -0.141. The molecule has 3 aromatic rings. The van der Waals surface area contributed by atoms with Crippen LogP contribution in [0.1, 0.15) is 48.7 Å². The van der Waals surface area contributed by atoms with Gasteiger partial charge < -0.3 is 9.73 Å². The smallest absolute Gasteiger partial charge is 0.423 e. The third-order valence-electron chi connectivity index (χ3n) is 5.18. The number of carbonyl (C=O) groups is 1. The van der Waals surface area contributed by atoms with E-state index in [1.807, 2.05) is 0 Å². The van der Waals surface area contributed by atoms with E-state index >= 15 is 0 Å². The Morgan fingerprint density at radius 3 is 2.42 bits per heavy atom. The van der Waals surface area contributed by atoms with Gasteiger partial charge in [-0.25, -0.2) is 4.79 Å². The maximum absolute atomic E-state index is 13.3. The minimum atomic E-state index is -4.81. The second-order valence-electron chi connectivity index (χ2n) is 7.62. The number of amides is 1. The number of benzene rings is 1. The van der Waals surface area contributed by atoms with Gasteiger partial charge in [-0.15, -0.1) is 0 Å². The van der Waals surface area contributed by atoms with E-state index in [9.17, 15) is 35.9 Å². The van der Waals surface area contributed by atoms with Crippen molar-refractivity contribution in [2.45, 2.75) is 44.1 Å². The van der Waals surface area contributed by atoms with Crippen LogP contribution in [0.15, 0.2) is 33.5 Å². The molecule has 1 aliphatic carbocycles. The maximum Gasteiger partial charge on any atom is 0.436 e. The van der Waals surface area contributed by atoms with E-state index in [1.165, 1.54) is 6.92 Å². The molecule has 1 aliphatic rings. The summed E-state index contributed by atoms with van der Waals surface area (Å²) in [5, 5.41) is 4.97. The first-order valence-electron chi connectivity index (χ1n) is 9.58. The third-order valence-corrected chi connectivity index (χ3v) is 5.56. The molecule has 1 unspecified atom stereocenters. The highest BCUT2D eigenvalue weighted by molar-refractivity contribution is 6.32. The summed E-state index contributed by atoms with van der Waals surface area (Å²) in [5.74, 6) is -1.05. The SMILES string of the molecule is CC(C(=O)Nc1ccc2c(C(F)(F)F)cc(=O)oc2c1)n1nc(C(F)(F)F)c(Cl)c1C1CC1. The van der Waals surface area contributed by atoms with Crippen molar-refractivity contribution in [3.8, 4) is 0 Å². The predicted octanol–water partition coefficient (Wildman–Crippen LogP) is 5.76. The highest BCUT2D eigenvalue weighted by Gasteiger charge is 2.43. The van der Waals surface area contributed by atoms with Gasteiger partial charge in [-0.05, 0) is 31.9 Å². The van der Waals surface area contributed by atoms with Crippen LogP contribution in [0.3, 0.4) is 0 Å². The predicted molar refractivity (Wildman–Crippen MR) is 105 cm³/mol. The molecule has 0 radical (unpaired) electrons. The average molecular weight is 494 g/mol. The number of nitrogens with one attached hydrogen (secondary N) is 1. The Balaban J connectivity index is 1.66. The molecule has 1 atom stereocenters. The fourth-order valence-electron chi connectivity index (χ4n) is 3.46. The van der Waals surface area contributed by atoms with E-state index < -0.39 is 57.2 Å². The molecule has 2 heterocycles. The second-order valence-corrected chi connectivity index (χ2v) is 8.00. The Kier molecular flexibility index (Phi) is 5.46. The molecule has 33 heavy (non-hydrogen) atoms. The van der Waals surface area contributed by atoms with Gasteiger partial charge in [0.05, 0.1) is 16.3 Å². The first-order valence-corrected chi connectivity index (χ1v) is 9.96. The normalized spacial score (nSPS) is 15.6. The summed E-state index contributed by atoms with van der Waals surface area (Å²) in [4.78, 5) is 24.3. The number of rotatable bonds is 4. The summed E-state index contributed by atoms with van der Waals surface area (Å²) < 4.78 is 85.0. The molecule has 13 heteroatoms. The van der Waals surface area contributed by atoms with Gasteiger partial charge in [0.15, 0.2) is 5.69 Å². The molecule has 1 fully saturated rings. The van der Waals surface area contributed by atoms with Crippen LogP contribution in [-0.2, 0) is 17.1 Å². The van der Waals surface area contributed by atoms with Gasteiger partial charge in [-0.2, -0.15) is 31.4 Å². The summed E-state index contributed by atoms with van der Waals surface area (Å²) in [6, 6.07) is 2.29. The number of hydrogen-bond acceptors (Lipinski definition) is 4. The zero-order valence-electron chi connectivity index (χ0n) is 16.6. The van der Waals surface area contributed by atoms with Crippen LogP contribution in [0.4, 0.5) is 32.0 Å².